The number of nitrogens with one attached hydrogen (secondary N) is 1. The van der Waals surface area contributed by atoms with Crippen LogP contribution in [0.4, 0.5) is 0 Å². The highest BCUT2D eigenvalue weighted by atomic mass is 16.3. The lowest BCUT2D eigenvalue weighted by Gasteiger charge is -1.86. The van der Waals surface area contributed by atoms with Gasteiger partial charge in [-0.3, -0.25) is 0 Å². The third-order valence-electron chi connectivity index (χ3n) is 1.04. The number of aromatic nitrogens is 2. The lowest BCUT2D eigenvalue weighted by atomic mass is 10.4. The van der Waals surface area contributed by atoms with E-state index in [9.17, 15) is 4.91 Å². The van der Waals surface area contributed by atoms with Crippen molar-refractivity contribution in [3.63, 3.8) is 0 Å². The SMILES string of the molecule is Cc1c[n+](=O)cc(C)[nH]1. The quantitative estimate of drug-likeness (QED) is 0.505. The first-order valence-corrected chi connectivity index (χ1v) is 2.78. The minimum absolute atomic E-state index is 0.793. The van der Waals surface area contributed by atoms with E-state index >= 15 is 0 Å². The van der Waals surface area contributed by atoms with Gasteiger partial charge in [-0.15, -0.1) is 0 Å². The molecule has 1 aromatic heterocycles. The van der Waals surface area contributed by atoms with Crippen LogP contribution in [0.25, 0.3) is 0 Å². The van der Waals surface area contributed by atoms with Crippen molar-refractivity contribution >= 4 is 0 Å². The molecule has 0 bridgehead atoms. The molecule has 0 radical (unpaired) electrons. The van der Waals surface area contributed by atoms with Crippen LogP contribution in [0.15, 0.2) is 12.4 Å². The summed E-state index contributed by atoms with van der Waals surface area (Å²) in [5, 5.41) is 0. The maximum atomic E-state index is 10.6. The van der Waals surface area contributed by atoms with Crippen LogP contribution in [0, 0.1) is 18.8 Å². The van der Waals surface area contributed by atoms with Crippen LogP contribution in [0.3, 0.4) is 0 Å². The minimum Gasteiger partial charge on any atom is -0.353 e. The van der Waals surface area contributed by atoms with E-state index < -0.39 is 0 Å². The van der Waals surface area contributed by atoms with Crippen molar-refractivity contribution in [3.05, 3.63) is 28.7 Å². The Labute approximate surface area is 53.0 Å². The van der Waals surface area contributed by atoms with Gasteiger partial charge in [0.1, 0.15) is 0 Å². The molecule has 0 amide bonds. The van der Waals surface area contributed by atoms with Crippen molar-refractivity contribution in [1.82, 2.24) is 4.98 Å². The van der Waals surface area contributed by atoms with Gasteiger partial charge in [0.25, 0.3) is 0 Å². The molecule has 0 aliphatic carbocycles. The van der Waals surface area contributed by atoms with E-state index in [-0.39, 0.29) is 0 Å². The molecule has 0 spiro atoms. The van der Waals surface area contributed by atoms with E-state index in [0.29, 0.717) is 0 Å². The molecule has 1 rings (SSSR count). The molecule has 3 nitrogen and oxygen atoms in total. The second-order valence-electron chi connectivity index (χ2n) is 2.11. The predicted molar refractivity (Wildman–Crippen MR) is 33.6 cm³/mol. The molecule has 9 heavy (non-hydrogen) atoms. The summed E-state index contributed by atoms with van der Waals surface area (Å²) in [5.41, 5.74) is 1.76. The number of hydrogen-bond acceptors (Lipinski definition) is 1. The van der Waals surface area contributed by atoms with E-state index in [4.69, 9.17) is 0 Å². The summed E-state index contributed by atoms with van der Waals surface area (Å²) in [4.78, 5) is 13.6. The molecule has 48 valence electrons. The van der Waals surface area contributed by atoms with Crippen LogP contribution in [0.5, 0.6) is 0 Å². The zero-order valence-electron chi connectivity index (χ0n) is 5.51. The van der Waals surface area contributed by atoms with Gasteiger partial charge in [-0.25, -0.2) is 0 Å². The maximum Gasteiger partial charge on any atom is 0.246 e. The summed E-state index contributed by atoms with van der Waals surface area (Å²) in [6.07, 6.45) is 2.99. The highest BCUT2D eigenvalue weighted by Gasteiger charge is 1.95. The van der Waals surface area contributed by atoms with Gasteiger partial charge in [0.15, 0.2) is 0 Å². The molecule has 0 atom stereocenters. The zero-order chi connectivity index (χ0) is 6.85. The summed E-state index contributed by atoms with van der Waals surface area (Å²) in [6.45, 7) is 3.70. The average molecular weight is 125 g/mol. The molecule has 1 aromatic rings. The summed E-state index contributed by atoms with van der Waals surface area (Å²) in [5.74, 6) is 0. The molecule has 0 saturated carbocycles. The second-order valence-corrected chi connectivity index (χ2v) is 2.11. The molecule has 1 N–H and O–H groups in total. The molecule has 3 heteroatoms. The highest BCUT2D eigenvalue weighted by molar-refractivity contribution is 4.93. The Balaban J connectivity index is 3.33. The van der Waals surface area contributed by atoms with Gasteiger partial charge in [0, 0.05) is 4.91 Å². The predicted octanol–water partition coefficient (Wildman–Crippen LogP) is 0.546. The summed E-state index contributed by atoms with van der Waals surface area (Å²) in [6, 6.07) is 0. The van der Waals surface area contributed by atoms with Gasteiger partial charge in [0.2, 0.25) is 12.4 Å². The third-order valence-corrected chi connectivity index (χ3v) is 1.04. The normalized spacial score (nSPS) is 9.56. The monoisotopic (exact) mass is 125 g/mol. The van der Waals surface area contributed by atoms with Gasteiger partial charge < -0.3 is 4.98 Å². The van der Waals surface area contributed by atoms with Crippen LogP contribution in [-0.2, 0) is 0 Å². The van der Waals surface area contributed by atoms with Crippen molar-refractivity contribution < 1.29 is 4.43 Å². The van der Waals surface area contributed by atoms with E-state index in [2.05, 4.69) is 4.98 Å². The molecule has 0 aromatic carbocycles. The average Bonchev–Trinajstić information content (AvgIpc) is 1.59. The van der Waals surface area contributed by atoms with Crippen LogP contribution in [-0.4, -0.2) is 4.98 Å². The number of H-pyrrole nitrogens is 1. The van der Waals surface area contributed by atoms with Crippen molar-refractivity contribution in [2.45, 2.75) is 13.8 Å². The smallest absolute Gasteiger partial charge is 0.246 e. The molecule has 0 fully saturated rings. The standard InChI is InChI=1S/C6H9N2O/c1-5-3-8(9)4-6(2)7-5/h3-4H,1-2H3,(H,7,9)/q+1. The van der Waals surface area contributed by atoms with Gasteiger partial charge in [0.05, 0.1) is 15.8 Å². The largest absolute Gasteiger partial charge is 0.353 e. The Morgan fingerprint density at radius 3 is 2.11 bits per heavy atom. The highest BCUT2D eigenvalue weighted by Crippen LogP contribution is 1.87. The van der Waals surface area contributed by atoms with Crippen molar-refractivity contribution in [2.75, 3.05) is 0 Å². The fraction of sp³-hybridized carbons (Fsp3) is 0.333. The molecular weight excluding hydrogens is 116 g/mol. The Kier molecular flexibility index (Phi) is 1.34. The number of rotatable bonds is 0. The van der Waals surface area contributed by atoms with Gasteiger partial charge in [-0.05, 0) is 13.8 Å². The Morgan fingerprint density at radius 1 is 1.33 bits per heavy atom. The molecule has 0 aliphatic rings. The van der Waals surface area contributed by atoms with E-state index in [1.807, 2.05) is 13.8 Å². The van der Waals surface area contributed by atoms with Crippen molar-refractivity contribution in [1.29, 1.82) is 0 Å². The number of aryl methyl sites for hydroxylation is 2. The van der Waals surface area contributed by atoms with Gasteiger partial charge in [-0.1, -0.05) is 0 Å². The molecule has 0 saturated heterocycles. The first-order chi connectivity index (χ1) is 4.18. The van der Waals surface area contributed by atoms with Crippen LogP contribution in [0.2, 0.25) is 0 Å². The number of aromatic amines is 1. The summed E-state index contributed by atoms with van der Waals surface area (Å²) >= 11 is 0. The Hall–Kier alpha value is -1.12. The van der Waals surface area contributed by atoms with Gasteiger partial charge >= 0.3 is 0 Å². The van der Waals surface area contributed by atoms with E-state index in [1.165, 1.54) is 12.4 Å². The van der Waals surface area contributed by atoms with E-state index in [1.54, 1.807) is 0 Å². The van der Waals surface area contributed by atoms with Crippen molar-refractivity contribution in [3.8, 4) is 0 Å². The van der Waals surface area contributed by atoms with Crippen molar-refractivity contribution in [2.24, 2.45) is 0 Å². The lowest BCUT2D eigenvalue weighted by Crippen LogP contribution is -2.14. The summed E-state index contributed by atoms with van der Waals surface area (Å²) in [7, 11) is 0. The van der Waals surface area contributed by atoms with E-state index in [0.717, 1.165) is 15.8 Å². The van der Waals surface area contributed by atoms with Gasteiger partial charge in [-0.2, -0.15) is 0 Å². The fourth-order valence-electron chi connectivity index (χ4n) is 0.795. The Morgan fingerprint density at radius 2 is 1.78 bits per heavy atom. The molecule has 0 unspecified atom stereocenters. The Bertz CT molecular complexity index is 241. The first-order valence-electron chi connectivity index (χ1n) is 2.78. The first kappa shape index (κ1) is 6.01. The maximum absolute atomic E-state index is 10.6. The van der Waals surface area contributed by atoms with Crippen LogP contribution >= 0.6 is 0 Å². The second kappa shape index (κ2) is 2.01. The topological polar surface area (TPSA) is 38.8 Å². The number of hydrogen-bond donors (Lipinski definition) is 1. The zero-order valence-corrected chi connectivity index (χ0v) is 5.51. The molecular formula is C6H9N2O+. The minimum atomic E-state index is 0.793. The number of nitrogens with zero attached hydrogens (tertiary/aromatic N) is 1. The van der Waals surface area contributed by atoms with Crippen LogP contribution < -0.4 is 4.43 Å². The lowest BCUT2D eigenvalue weighted by molar-refractivity contribution is -0.496. The third kappa shape index (κ3) is 1.38. The molecule has 1 heterocycles. The van der Waals surface area contributed by atoms with Crippen LogP contribution in [0.1, 0.15) is 11.4 Å². The summed E-state index contributed by atoms with van der Waals surface area (Å²) < 4.78 is 0.793. The fourth-order valence-corrected chi connectivity index (χ4v) is 0.795. The molecule has 0 aliphatic heterocycles.